The van der Waals surface area contributed by atoms with Crippen molar-refractivity contribution in [2.75, 3.05) is 75.2 Å². The van der Waals surface area contributed by atoms with Gasteiger partial charge in [-0.1, -0.05) is 100 Å². The van der Waals surface area contributed by atoms with Crippen LogP contribution < -0.4 is 73.6 Å². The van der Waals surface area contributed by atoms with Crippen LogP contribution in [0.25, 0.3) is 33.4 Å². The largest absolute Gasteiger partial charge is 0.481 e. The van der Waals surface area contributed by atoms with Gasteiger partial charge in [-0.2, -0.15) is 0 Å². The molecule has 4 bridgehead atoms. The molecule has 16 N–H and O–H groups in total. The summed E-state index contributed by atoms with van der Waals surface area (Å²) in [6.45, 7) is 26.9. The summed E-state index contributed by atoms with van der Waals surface area (Å²) in [5.41, 5.74) is 6.02. The second-order valence-electron chi connectivity index (χ2n) is 40.8. The highest BCUT2D eigenvalue weighted by Gasteiger charge is 2.47. The molecule has 0 saturated carbocycles. The molecule has 38 heteroatoms. The Morgan fingerprint density at radius 2 is 0.711 bits per heavy atom. The van der Waals surface area contributed by atoms with Gasteiger partial charge in [-0.3, -0.25) is 86.5 Å². The first-order valence-electron chi connectivity index (χ1n) is 48.9. The Kier molecular flexibility index (Phi) is 35.3. The lowest BCUT2D eigenvalue weighted by atomic mass is 9.93. The number of amides is 14. The second-order valence-corrected chi connectivity index (χ2v) is 40.8. The molecule has 14 amide bonds. The van der Waals surface area contributed by atoms with Gasteiger partial charge in [0, 0.05) is 110 Å². The predicted molar refractivity (Wildman–Crippen MR) is 531 cm³/mol. The van der Waals surface area contributed by atoms with E-state index in [0.717, 1.165) is 11.4 Å². The topological polar surface area (TPSA) is 518 Å². The van der Waals surface area contributed by atoms with Gasteiger partial charge in [0.1, 0.15) is 48.3 Å². The van der Waals surface area contributed by atoms with Crippen LogP contribution in [0.15, 0.2) is 133 Å². The molecule has 6 aliphatic rings. The van der Waals surface area contributed by atoms with Crippen molar-refractivity contribution in [2.45, 2.75) is 257 Å². The molecular weight excluding hydrogens is 1820 g/mol. The highest BCUT2D eigenvalue weighted by molar-refractivity contribution is 6.08. The minimum Gasteiger partial charge on any atom is -0.481 e. The molecule has 6 aliphatic heterocycles. The lowest BCUT2D eigenvalue weighted by molar-refractivity contribution is -0.142. The number of nitrogens with one attached hydrogen (secondary N) is 12. The Bertz CT molecular complexity index is 5340. The van der Waals surface area contributed by atoms with Gasteiger partial charge in [0.2, 0.25) is 59.1 Å². The lowest BCUT2D eigenvalue weighted by Crippen LogP contribution is -2.65. The smallest absolute Gasteiger partial charge is 0.305 e. The third-order valence-corrected chi connectivity index (χ3v) is 26.4. The highest BCUT2D eigenvalue weighted by Crippen LogP contribution is 2.36. The number of hydrogen-bond donors (Lipinski definition) is 16. The third kappa shape index (κ3) is 27.1. The number of piperazine rings is 2. The van der Waals surface area contributed by atoms with Crippen LogP contribution in [0.5, 0.6) is 0 Å². The van der Waals surface area contributed by atoms with E-state index in [4.69, 9.17) is 0 Å². The van der Waals surface area contributed by atoms with Gasteiger partial charge in [-0.15, -0.1) is 0 Å². The van der Waals surface area contributed by atoms with Gasteiger partial charge in [0.05, 0.1) is 49.2 Å². The van der Waals surface area contributed by atoms with Gasteiger partial charge in [0.15, 0.2) is 0 Å². The summed E-state index contributed by atoms with van der Waals surface area (Å²) in [6, 6.07) is 23.8. The molecule has 0 aromatic heterocycles. The molecule has 0 unspecified atom stereocenters. The first kappa shape index (κ1) is 107. The van der Waals surface area contributed by atoms with Crippen LogP contribution in [0.3, 0.4) is 0 Å². The summed E-state index contributed by atoms with van der Waals surface area (Å²) in [4.78, 5) is 239. The zero-order valence-electron chi connectivity index (χ0n) is 83.1. The quantitative estimate of drug-likeness (QED) is 0.0537. The molecule has 6 aromatic carbocycles. The molecule has 4 fully saturated rings. The molecule has 6 aromatic rings. The Balaban J connectivity index is 0.733. The molecule has 14 atom stereocenters. The molecule has 0 radical (unpaired) electrons. The van der Waals surface area contributed by atoms with Crippen molar-refractivity contribution >= 4 is 106 Å². The zero-order valence-corrected chi connectivity index (χ0v) is 83.1. The number of carbonyl (C=O) groups excluding carboxylic acids is 14. The SMILES string of the molecule is CC(C)C[C@@H]1NC(=O)c2ccc(-c3ccc(N4CCN(C(=O)c5ccccc5-c5ccccc5C(=O)N5CCN(c6ccc(-c7ccc8cc7CNC(=O)[C@@H]7CCCN7[C@H](C(=O)NC(C)(C)C)[C@H](C)NC(=O)[C@H]([C@@H](C)O)NC(=O)[C@H](CC(=O)O)NC(=O)[C@H](CC(C)C)NC8=O)cc6)CC5)CC4)cc3)c(c2)CNC(=O)[C@@H]2CCCN2[C@H](C(=O)NC(C)(C)C)[C@H](C)NC(=O)[C@H]([C@@H](C)O)NC(=O)[C@H](CC(=O)O)NC1=O. The summed E-state index contributed by atoms with van der Waals surface area (Å²) in [6.07, 6.45) is -3.32. The van der Waals surface area contributed by atoms with Crippen LogP contribution in [0.4, 0.5) is 11.4 Å². The van der Waals surface area contributed by atoms with Crippen molar-refractivity contribution < 1.29 is 97.1 Å². The maximum atomic E-state index is 15.0. The van der Waals surface area contributed by atoms with Crippen molar-refractivity contribution in [3.63, 3.8) is 0 Å². The summed E-state index contributed by atoms with van der Waals surface area (Å²) < 4.78 is 0. The van der Waals surface area contributed by atoms with E-state index in [9.17, 15) is 97.1 Å². The molecule has 6 heterocycles. The van der Waals surface area contributed by atoms with Gasteiger partial charge in [0.25, 0.3) is 23.6 Å². The monoisotopic (exact) mass is 1960 g/mol. The number of nitrogens with zero attached hydrogens (tertiary/aromatic N) is 6. The van der Waals surface area contributed by atoms with Crippen LogP contribution >= 0.6 is 0 Å². The van der Waals surface area contributed by atoms with Crippen LogP contribution in [-0.4, -0.2) is 296 Å². The number of aliphatic carboxylic acids is 2. The number of aliphatic hydroxyl groups excluding tert-OH is 2. The van der Waals surface area contributed by atoms with Crippen molar-refractivity contribution in [3.05, 3.63) is 167 Å². The number of fused-ring (bicyclic) bond motifs is 6. The standard InChI is InChI=1S/C104H136N18O20/c1-57(2)49-77-91(131)111-79(53-83(125)126)93(133)113-85(61(7)123)97(137)107-59(5)87(99(139)115-103(9,10)11)121-39-19-25-81(121)95(135)105-55-67-51-65(89(129)109-77)31-37-71(67)63-27-33-69(34-28-63)117-41-45-119(46-42-117)101(141)75-23-17-15-21-73(75)74-22-16-18-24-76(74)102(142)120-47-43-118(44-48-120)70-35-29-64(30-36-70)72-38-32-66-52-68(72)56-106-96(136)82-26-20-40-122(82)88(100(140)116-104(12,13)14)60(6)108-98(138)86(62(8)124)114-94(134)80(54-84(127)128)112-92(132)78(50-58(3)4)110-90(66)130/h15-18,21-24,27-38,51-52,57-62,77-82,85-88,123-124H,19-20,25-26,39-50,53-56H2,1-14H3,(H,105,135)(H,106,136)(H,107,137)(H,108,138)(H,109,129)(H,110,130)(H,111,131)(H,112,132)(H,113,133)(H,114,134)(H,115,139)(H,116,140)(H,125,126)(H,127,128)/t59-,60-,61+,62+,77-,78-,79-,80-,81-,82-,85-,86-,87-,88-/m0/s1. The first-order chi connectivity index (χ1) is 67.2. The minimum absolute atomic E-state index is 0.0433. The van der Waals surface area contributed by atoms with E-state index >= 15 is 0 Å². The van der Waals surface area contributed by atoms with E-state index in [2.05, 4.69) is 73.6 Å². The summed E-state index contributed by atoms with van der Waals surface area (Å²) in [5.74, 6) is -13.1. The van der Waals surface area contributed by atoms with Crippen LogP contribution in [-0.2, 0) is 70.6 Å². The maximum absolute atomic E-state index is 15.0. The Hall–Kier alpha value is -13.7. The van der Waals surface area contributed by atoms with Crippen LogP contribution in [0, 0.1) is 11.8 Å². The van der Waals surface area contributed by atoms with E-state index < -0.39 is 191 Å². The number of rotatable bonds is 19. The number of benzene rings is 6. The molecule has 4 saturated heterocycles. The van der Waals surface area contributed by atoms with E-state index in [0.29, 0.717) is 134 Å². The Morgan fingerprint density at radius 1 is 0.380 bits per heavy atom. The molecule has 0 spiro atoms. The zero-order chi connectivity index (χ0) is 103. The summed E-state index contributed by atoms with van der Waals surface area (Å²) in [5, 5.41) is 74.8. The molecule has 38 nitrogen and oxygen atoms in total. The van der Waals surface area contributed by atoms with Crippen molar-refractivity contribution in [1.29, 1.82) is 0 Å². The number of anilines is 2. The van der Waals surface area contributed by atoms with Crippen molar-refractivity contribution in [3.8, 4) is 33.4 Å². The second kappa shape index (κ2) is 46.8. The average molecular weight is 1960 g/mol. The molecule has 142 heavy (non-hydrogen) atoms. The maximum Gasteiger partial charge on any atom is 0.305 e. The van der Waals surface area contributed by atoms with Gasteiger partial charge in [-0.25, -0.2) is 0 Å². The fraction of sp³-hybridized carbons (Fsp3) is 0.500. The molecule has 762 valence electrons. The van der Waals surface area contributed by atoms with Crippen molar-refractivity contribution in [1.82, 2.24) is 83.4 Å². The molecular formula is C104H136N18O20. The molecule has 0 aliphatic carbocycles. The Morgan fingerprint density at radius 3 is 1.04 bits per heavy atom. The number of carboxylic acid groups (broad SMARTS) is 2. The fourth-order valence-electron chi connectivity index (χ4n) is 19.4. The van der Waals surface area contributed by atoms with E-state index in [1.54, 1.807) is 163 Å². The van der Waals surface area contributed by atoms with Gasteiger partial charge in [-0.05, 0) is 238 Å². The number of aliphatic hydroxyl groups is 2. The predicted octanol–water partition coefficient (Wildman–Crippen LogP) is 4.32. The molecule has 12 rings (SSSR count). The van der Waals surface area contributed by atoms with Gasteiger partial charge >= 0.3 is 11.9 Å². The normalized spacial score (nSPS) is 23.9. The van der Waals surface area contributed by atoms with E-state index in [-0.39, 0.29) is 73.8 Å². The number of carboxylic acids is 2. The van der Waals surface area contributed by atoms with Crippen LogP contribution in [0.1, 0.15) is 201 Å². The number of carbonyl (C=O) groups is 16. The summed E-state index contributed by atoms with van der Waals surface area (Å²) in [7, 11) is 0. The van der Waals surface area contributed by atoms with Gasteiger partial charge < -0.3 is 104 Å². The summed E-state index contributed by atoms with van der Waals surface area (Å²) >= 11 is 0. The first-order valence-corrected chi connectivity index (χ1v) is 48.9. The highest BCUT2D eigenvalue weighted by atomic mass is 16.4. The Labute approximate surface area is 826 Å². The average Bonchev–Trinajstić information content (AvgIpc) is 0.936. The lowest BCUT2D eigenvalue weighted by Gasteiger charge is -2.37. The van der Waals surface area contributed by atoms with Crippen LogP contribution in [0.2, 0.25) is 0 Å². The third-order valence-electron chi connectivity index (χ3n) is 26.4. The van der Waals surface area contributed by atoms with E-state index in [1.807, 2.05) is 72.8 Å². The van der Waals surface area contributed by atoms with E-state index in [1.165, 1.54) is 13.8 Å². The minimum atomic E-state index is -1.79. The van der Waals surface area contributed by atoms with Crippen molar-refractivity contribution in [2.24, 2.45) is 11.8 Å². The fourth-order valence-corrected chi connectivity index (χ4v) is 19.4. The number of hydrogen-bond acceptors (Lipinski definition) is 22.